The molecule has 1 aliphatic rings. The largest absolute Gasteiger partial charge is 0.370 e. The van der Waals surface area contributed by atoms with E-state index in [1.54, 1.807) is 6.07 Å². The Kier molecular flexibility index (Phi) is 4.64. The number of carbonyl (C=O) groups excluding carboxylic acids is 1. The lowest BCUT2D eigenvalue weighted by atomic mass is 10.1. The average molecular weight is 348 g/mol. The predicted octanol–water partition coefficient (Wildman–Crippen LogP) is 3.52. The van der Waals surface area contributed by atoms with Gasteiger partial charge < -0.3 is 14.7 Å². The predicted molar refractivity (Wildman–Crippen MR) is 100.0 cm³/mol. The molecule has 1 aromatic carbocycles. The van der Waals surface area contributed by atoms with Crippen molar-refractivity contribution in [2.75, 3.05) is 23.3 Å². The minimum Gasteiger partial charge on any atom is -0.370 e. The summed E-state index contributed by atoms with van der Waals surface area (Å²) in [7, 11) is 0. The number of carbonyl (C=O) groups is 1. The highest BCUT2D eigenvalue weighted by atomic mass is 16.5. The molecule has 132 valence electrons. The van der Waals surface area contributed by atoms with Crippen LogP contribution in [0.5, 0.6) is 0 Å². The molecule has 1 N–H and O–H groups in total. The quantitative estimate of drug-likeness (QED) is 0.764. The van der Waals surface area contributed by atoms with Crippen LogP contribution in [0.15, 0.2) is 59.3 Å². The third-order valence-electron chi connectivity index (χ3n) is 4.45. The molecule has 1 aliphatic heterocycles. The molecule has 26 heavy (non-hydrogen) atoms. The third-order valence-corrected chi connectivity index (χ3v) is 4.45. The smallest absolute Gasteiger partial charge is 0.231 e. The van der Waals surface area contributed by atoms with Crippen molar-refractivity contribution in [3.05, 3.63) is 60.4 Å². The molecule has 1 saturated heterocycles. The van der Waals surface area contributed by atoms with Gasteiger partial charge in [0.1, 0.15) is 5.82 Å². The van der Waals surface area contributed by atoms with Gasteiger partial charge in [-0.3, -0.25) is 4.79 Å². The highest BCUT2D eigenvalue weighted by Gasteiger charge is 2.14. The normalized spacial score (nSPS) is 13.8. The van der Waals surface area contributed by atoms with E-state index in [0.717, 1.165) is 24.3 Å². The van der Waals surface area contributed by atoms with Gasteiger partial charge in [-0.05, 0) is 25.0 Å². The highest BCUT2D eigenvalue weighted by Crippen LogP contribution is 2.21. The first kappa shape index (κ1) is 16.3. The van der Waals surface area contributed by atoms with Gasteiger partial charge in [-0.25, -0.2) is 4.98 Å². The summed E-state index contributed by atoms with van der Waals surface area (Å²) in [5.74, 6) is 1.03. The first-order chi connectivity index (χ1) is 12.8. The van der Waals surface area contributed by atoms with Gasteiger partial charge in [-0.15, -0.1) is 0 Å². The Morgan fingerprint density at radius 3 is 2.65 bits per heavy atom. The van der Waals surface area contributed by atoms with Gasteiger partial charge in [0.25, 0.3) is 0 Å². The second-order valence-electron chi connectivity index (χ2n) is 6.37. The summed E-state index contributed by atoms with van der Waals surface area (Å²) in [5.41, 5.74) is 2.63. The van der Waals surface area contributed by atoms with E-state index in [0.29, 0.717) is 17.3 Å². The standard InChI is InChI=1S/C20H20N4O2/c25-20(13-16-12-18(26-23-16)15-6-2-1-3-7-15)22-19-9-8-17(14-21-19)24-10-4-5-11-24/h1-3,6-9,12,14H,4-5,10-11,13H2,(H,21,22,25). The van der Waals surface area contributed by atoms with Crippen LogP contribution in [0.3, 0.4) is 0 Å². The van der Waals surface area contributed by atoms with E-state index in [-0.39, 0.29) is 12.3 Å². The van der Waals surface area contributed by atoms with Crippen LogP contribution in [0.1, 0.15) is 18.5 Å². The van der Waals surface area contributed by atoms with E-state index in [4.69, 9.17) is 4.52 Å². The maximum atomic E-state index is 12.2. The number of aromatic nitrogens is 2. The molecule has 0 saturated carbocycles. The summed E-state index contributed by atoms with van der Waals surface area (Å²) < 4.78 is 5.32. The van der Waals surface area contributed by atoms with Crippen LogP contribution in [0.4, 0.5) is 11.5 Å². The topological polar surface area (TPSA) is 71.3 Å². The molecule has 0 radical (unpaired) electrons. The Morgan fingerprint density at radius 2 is 1.92 bits per heavy atom. The Morgan fingerprint density at radius 1 is 1.12 bits per heavy atom. The van der Waals surface area contributed by atoms with Crippen molar-refractivity contribution in [3.63, 3.8) is 0 Å². The van der Waals surface area contributed by atoms with E-state index < -0.39 is 0 Å². The number of anilines is 2. The first-order valence-electron chi connectivity index (χ1n) is 8.80. The fourth-order valence-corrected chi connectivity index (χ4v) is 3.11. The Bertz CT molecular complexity index is 868. The van der Waals surface area contributed by atoms with Crippen molar-refractivity contribution in [1.82, 2.24) is 10.1 Å². The van der Waals surface area contributed by atoms with Gasteiger partial charge in [0.05, 0.1) is 24.0 Å². The molecule has 0 atom stereocenters. The van der Waals surface area contributed by atoms with Gasteiger partial charge in [0, 0.05) is 24.7 Å². The summed E-state index contributed by atoms with van der Waals surface area (Å²) in [6, 6.07) is 15.3. The fraction of sp³-hybridized carbons (Fsp3) is 0.250. The zero-order valence-electron chi connectivity index (χ0n) is 14.4. The molecule has 6 heteroatoms. The Labute approximate surface area is 151 Å². The second-order valence-corrected chi connectivity index (χ2v) is 6.37. The van der Waals surface area contributed by atoms with Gasteiger partial charge in [0.2, 0.25) is 5.91 Å². The minimum absolute atomic E-state index is 0.145. The molecule has 0 aliphatic carbocycles. The molecular formula is C20H20N4O2. The van der Waals surface area contributed by atoms with E-state index in [1.165, 1.54) is 12.8 Å². The molecule has 3 heterocycles. The summed E-state index contributed by atoms with van der Waals surface area (Å²) in [6.07, 6.45) is 4.40. The van der Waals surface area contributed by atoms with E-state index >= 15 is 0 Å². The van der Waals surface area contributed by atoms with Crippen LogP contribution in [0.2, 0.25) is 0 Å². The fourth-order valence-electron chi connectivity index (χ4n) is 3.11. The molecule has 6 nitrogen and oxygen atoms in total. The number of amides is 1. The Balaban J connectivity index is 1.36. The number of rotatable bonds is 5. The summed E-state index contributed by atoms with van der Waals surface area (Å²) in [6.45, 7) is 2.15. The monoisotopic (exact) mass is 348 g/mol. The van der Waals surface area contributed by atoms with Crippen molar-refractivity contribution in [2.24, 2.45) is 0 Å². The number of pyridine rings is 1. The number of hydrogen-bond acceptors (Lipinski definition) is 5. The zero-order chi connectivity index (χ0) is 17.8. The van der Waals surface area contributed by atoms with E-state index in [2.05, 4.69) is 20.4 Å². The molecule has 0 bridgehead atoms. The second kappa shape index (κ2) is 7.39. The van der Waals surface area contributed by atoms with Crippen LogP contribution < -0.4 is 10.2 Å². The first-order valence-corrected chi connectivity index (χ1v) is 8.80. The van der Waals surface area contributed by atoms with Gasteiger partial charge in [-0.1, -0.05) is 35.5 Å². The van der Waals surface area contributed by atoms with Crippen LogP contribution in [0, 0.1) is 0 Å². The summed E-state index contributed by atoms with van der Waals surface area (Å²) in [5, 5.41) is 6.78. The molecular weight excluding hydrogens is 328 g/mol. The molecule has 0 spiro atoms. The number of nitrogens with one attached hydrogen (secondary N) is 1. The van der Waals surface area contributed by atoms with Crippen LogP contribution >= 0.6 is 0 Å². The van der Waals surface area contributed by atoms with Crippen LogP contribution in [0.25, 0.3) is 11.3 Å². The number of benzene rings is 1. The molecule has 4 rings (SSSR count). The lowest BCUT2D eigenvalue weighted by molar-refractivity contribution is -0.115. The average Bonchev–Trinajstić information content (AvgIpc) is 3.35. The highest BCUT2D eigenvalue weighted by molar-refractivity contribution is 5.91. The molecule has 1 amide bonds. The van der Waals surface area contributed by atoms with E-state index in [9.17, 15) is 4.79 Å². The molecule has 1 fully saturated rings. The number of nitrogens with zero attached hydrogens (tertiary/aromatic N) is 3. The molecule has 2 aromatic heterocycles. The van der Waals surface area contributed by atoms with Gasteiger partial charge >= 0.3 is 0 Å². The molecule has 0 unspecified atom stereocenters. The minimum atomic E-state index is -0.167. The van der Waals surface area contributed by atoms with Gasteiger partial charge in [0.15, 0.2) is 5.76 Å². The molecule has 3 aromatic rings. The van der Waals surface area contributed by atoms with Crippen molar-refractivity contribution >= 4 is 17.4 Å². The van der Waals surface area contributed by atoms with Crippen molar-refractivity contribution in [1.29, 1.82) is 0 Å². The summed E-state index contributed by atoms with van der Waals surface area (Å²) >= 11 is 0. The zero-order valence-corrected chi connectivity index (χ0v) is 14.4. The Hall–Kier alpha value is -3.15. The summed E-state index contributed by atoms with van der Waals surface area (Å²) in [4.78, 5) is 18.9. The SMILES string of the molecule is O=C(Cc1cc(-c2ccccc2)on1)Nc1ccc(N2CCCC2)cn1. The van der Waals surface area contributed by atoms with Crippen molar-refractivity contribution < 1.29 is 9.32 Å². The maximum absolute atomic E-state index is 12.2. The lowest BCUT2D eigenvalue weighted by Crippen LogP contribution is -2.18. The third kappa shape index (κ3) is 3.74. The van der Waals surface area contributed by atoms with Crippen LogP contribution in [-0.4, -0.2) is 29.1 Å². The van der Waals surface area contributed by atoms with Crippen molar-refractivity contribution in [2.45, 2.75) is 19.3 Å². The lowest BCUT2D eigenvalue weighted by Gasteiger charge is -2.17. The number of hydrogen-bond donors (Lipinski definition) is 1. The van der Waals surface area contributed by atoms with E-state index in [1.807, 2.05) is 48.7 Å². The van der Waals surface area contributed by atoms with Crippen molar-refractivity contribution in [3.8, 4) is 11.3 Å². The maximum Gasteiger partial charge on any atom is 0.231 e. The van der Waals surface area contributed by atoms with Crippen LogP contribution in [-0.2, 0) is 11.2 Å². The van der Waals surface area contributed by atoms with Gasteiger partial charge in [-0.2, -0.15) is 0 Å².